The van der Waals surface area contributed by atoms with Crippen LogP contribution >= 0.6 is 11.8 Å². The topological polar surface area (TPSA) is 40.5 Å². The number of hydrogen-bond donors (Lipinski definition) is 1. The van der Waals surface area contributed by atoms with Crippen molar-refractivity contribution in [2.24, 2.45) is 0 Å². The third-order valence-electron chi connectivity index (χ3n) is 3.65. The summed E-state index contributed by atoms with van der Waals surface area (Å²) in [7, 11) is 1.71. The molecule has 0 aliphatic heterocycles. The molecule has 4 heteroatoms. The molecule has 0 aliphatic rings. The minimum Gasteiger partial charge on any atom is -0.376 e. The molecule has 0 bridgehead atoms. The number of aliphatic hydroxyl groups is 1. The average Bonchev–Trinajstić information content (AvgIpc) is 2.55. The maximum Gasteiger partial charge on any atom is 0.258 e. The van der Waals surface area contributed by atoms with E-state index in [0.29, 0.717) is 12.1 Å². The number of carbonyl (C=O) groups is 1. The van der Waals surface area contributed by atoms with Gasteiger partial charge in [-0.3, -0.25) is 4.79 Å². The Labute approximate surface area is 136 Å². The van der Waals surface area contributed by atoms with Gasteiger partial charge >= 0.3 is 0 Å². The Bertz CT molecular complexity index is 641. The molecule has 0 radical (unpaired) electrons. The van der Waals surface area contributed by atoms with Crippen LogP contribution < -0.4 is 0 Å². The fourth-order valence-corrected chi connectivity index (χ4v) is 2.86. The quantitative estimate of drug-likeness (QED) is 0.861. The minimum absolute atomic E-state index is 0.312. The van der Waals surface area contributed by atoms with E-state index in [4.69, 9.17) is 0 Å². The number of hydrogen-bond acceptors (Lipinski definition) is 3. The zero-order valence-corrected chi connectivity index (χ0v) is 13.9. The molecular weight excluding hydrogens is 294 g/mol. The summed E-state index contributed by atoms with van der Waals surface area (Å²) in [6.45, 7) is 2.01. The van der Waals surface area contributed by atoms with Crippen LogP contribution in [0.5, 0.6) is 0 Å². The first-order chi connectivity index (χ1) is 10.4. The molecule has 2 aromatic carbocycles. The predicted octanol–water partition coefficient (Wildman–Crippen LogP) is 3.27. The van der Waals surface area contributed by atoms with E-state index >= 15 is 0 Å². The van der Waals surface area contributed by atoms with Crippen molar-refractivity contribution in [1.82, 2.24) is 4.90 Å². The number of likely N-dealkylation sites (N-methyl/N-ethyl adjacent to an activating group) is 1. The second kappa shape index (κ2) is 6.99. The fourth-order valence-electron chi connectivity index (χ4n) is 2.37. The van der Waals surface area contributed by atoms with Gasteiger partial charge in [-0.1, -0.05) is 42.5 Å². The summed E-state index contributed by atoms with van der Waals surface area (Å²) in [5, 5.41) is 10.6. The summed E-state index contributed by atoms with van der Waals surface area (Å²) in [4.78, 5) is 15.3. The Morgan fingerprint density at radius 2 is 1.86 bits per heavy atom. The van der Waals surface area contributed by atoms with Crippen molar-refractivity contribution >= 4 is 17.7 Å². The van der Waals surface area contributed by atoms with E-state index in [0.717, 1.165) is 10.5 Å². The smallest absolute Gasteiger partial charge is 0.258 e. The Morgan fingerprint density at radius 1 is 1.18 bits per heavy atom. The van der Waals surface area contributed by atoms with Crippen LogP contribution in [0.25, 0.3) is 0 Å². The van der Waals surface area contributed by atoms with Gasteiger partial charge in [0.25, 0.3) is 5.91 Å². The van der Waals surface area contributed by atoms with Gasteiger partial charge < -0.3 is 10.0 Å². The van der Waals surface area contributed by atoms with Crippen LogP contribution in [-0.2, 0) is 16.9 Å². The summed E-state index contributed by atoms with van der Waals surface area (Å²) >= 11 is 1.67. The highest BCUT2D eigenvalue weighted by Crippen LogP contribution is 2.24. The third-order valence-corrected chi connectivity index (χ3v) is 4.38. The van der Waals surface area contributed by atoms with Crippen molar-refractivity contribution < 1.29 is 9.90 Å². The van der Waals surface area contributed by atoms with Gasteiger partial charge in [0, 0.05) is 18.5 Å². The highest BCUT2D eigenvalue weighted by molar-refractivity contribution is 7.98. The number of amides is 1. The van der Waals surface area contributed by atoms with Crippen LogP contribution in [0.3, 0.4) is 0 Å². The highest BCUT2D eigenvalue weighted by atomic mass is 32.2. The average molecular weight is 315 g/mol. The molecule has 22 heavy (non-hydrogen) atoms. The molecule has 2 aromatic rings. The summed E-state index contributed by atoms with van der Waals surface area (Å²) in [6, 6.07) is 17.1. The van der Waals surface area contributed by atoms with Gasteiger partial charge in [-0.2, -0.15) is 0 Å². The Balaban J connectivity index is 2.14. The minimum atomic E-state index is -1.52. The molecule has 0 saturated heterocycles. The SMILES string of the molecule is CSc1cccc(CN(C)C(=O)C(C)(O)c2ccccc2)c1. The molecule has 1 N–H and O–H groups in total. The highest BCUT2D eigenvalue weighted by Gasteiger charge is 2.34. The number of rotatable bonds is 5. The van der Waals surface area contributed by atoms with Crippen molar-refractivity contribution in [2.45, 2.75) is 24.0 Å². The lowest BCUT2D eigenvalue weighted by Crippen LogP contribution is -2.42. The second-order valence-corrected chi connectivity index (χ2v) is 6.33. The van der Waals surface area contributed by atoms with Gasteiger partial charge in [0.1, 0.15) is 0 Å². The van der Waals surface area contributed by atoms with Crippen LogP contribution in [0.1, 0.15) is 18.1 Å². The van der Waals surface area contributed by atoms with Crippen LogP contribution in [0, 0.1) is 0 Å². The zero-order valence-electron chi connectivity index (χ0n) is 13.1. The Hall–Kier alpha value is -1.78. The van der Waals surface area contributed by atoms with E-state index in [2.05, 4.69) is 6.07 Å². The molecule has 0 aliphatic carbocycles. The van der Waals surface area contributed by atoms with Gasteiger partial charge in [0.15, 0.2) is 5.60 Å². The van der Waals surface area contributed by atoms with Crippen LogP contribution in [0.15, 0.2) is 59.5 Å². The van der Waals surface area contributed by atoms with E-state index in [1.807, 2.05) is 42.7 Å². The lowest BCUT2D eigenvalue weighted by molar-refractivity contribution is -0.149. The number of nitrogens with zero attached hydrogens (tertiary/aromatic N) is 1. The first-order valence-corrected chi connectivity index (χ1v) is 8.34. The molecule has 3 nitrogen and oxygen atoms in total. The summed E-state index contributed by atoms with van der Waals surface area (Å²) < 4.78 is 0. The first kappa shape index (κ1) is 16.6. The molecule has 2 rings (SSSR count). The largest absolute Gasteiger partial charge is 0.376 e. The molecule has 0 spiro atoms. The molecule has 1 atom stereocenters. The molecular formula is C18H21NO2S. The monoisotopic (exact) mass is 315 g/mol. The Morgan fingerprint density at radius 3 is 2.50 bits per heavy atom. The second-order valence-electron chi connectivity index (χ2n) is 5.45. The van der Waals surface area contributed by atoms with Crippen molar-refractivity contribution in [3.8, 4) is 0 Å². The van der Waals surface area contributed by atoms with Crippen molar-refractivity contribution in [2.75, 3.05) is 13.3 Å². The molecule has 0 heterocycles. The predicted molar refractivity (Wildman–Crippen MR) is 90.7 cm³/mol. The normalized spacial score (nSPS) is 13.5. The van der Waals surface area contributed by atoms with Crippen molar-refractivity contribution in [1.29, 1.82) is 0 Å². The lowest BCUT2D eigenvalue weighted by atomic mass is 9.94. The van der Waals surface area contributed by atoms with Crippen LogP contribution in [0.2, 0.25) is 0 Å². The van der Waals surface area contributed by atoms with E-state index in [-0.39, 0.29) is 5.91 Å². The van der Waals surface area contributed by atoms with Gasteiger partial charge in [0.2, 0.25) is 0 Å². The standard InChI is InChI=1S/C18H21NO2S/c1-18(21,15-9-5-4-6-10-15)17(20)19(2)13-14-8-7-11-16(12-14)22-3/h4-12,21H,13H2,1-3H3. The zero-order chi connectivity index (χ0) is 16.2. The number of benzene rings is 2. The van der Waals surface area contributed by atoms with E-state index in [9.17, 15) is 9.90 Å². The summed E-state index contributed by atoms with van der Waals surface area (Å²) in [5.41, 5.74) is 0.129. The maximum atomic E-state index is 12.6. The maximum absolute atomic E-state index is 12.6. The van der Waals surface area contributed by atoms with Crippen molar-refractivity contribution in [3.05, 3.63) is 65.7 Å². The third kappa shape index (κ3) is 3.70. The van der Waals surface area contributed by atoms with Gasteiger partial charge in [0.05, 0.1) is 0 Å². The van der Waals surface area contributed by atoms with Crippen LogP contribution in [-0.4, -0.2) is 29.2 Å². The molecule has 116 valence electrons. The van der Waals surface area contributed by atoms with Crippen molar-refractivity contribution in [3.63, 3.8) is 0 Å². The summed E-state index contributed by atoms with van der Waals surface area (Å²) in [6.07, 6.45) is 2.02. The lowest BCUT2D eigenvalue weighted by Gasteiger charge is -2.28. The van der Waals surface area contributed by atoms with Crippen LogP contribution in [0.4, 0.5) is 0 Å². The van der Waals surface area contributed by atoms with Gasteiger partial charge in [-0.05, 0) is 36.4 Å². The molecule has 0 saturated carbocycles. The summed E-state index contributed by atoms with van der Waals surface area (Å²) in [5.74, 6) is -0.312. The van der Waals surface area contributed by atoms with Gasteiger partial charge in [-0.25, -0.2) is 0 Å². The molecule has 1 unspecified atom stereocenters. The van der Waals surface area contributed by atoms with Gasteiger partial charge in [-0.15, -0.1) is 11.8 Å². The fraction of sp³-hybridized carbons (Fsp3) is 0.278. The van der Waals surface area contributed by atoms with E-state index in [1.165, 1.54) is 0 Å². The number of carbonyl (C=O) groups excluding carboxylic acids is 1. The first-order valence-electron chi connectivity index (χ1n) is 7.11. The van der Waals surface area contributed by atoms with E-state index in [1.54, 1.807) is 42.8 Å². The molecule has 1 amide bonds. The molecule has 0 aromatic heterocycles. The van der Waals surface area contributed by atoms with E-state index < -0.39 is 5.60 Å². The number of thioether (sulfide) groups is 1. The molecule has 0 fully saturated rings. The Kier molecular flexibility index (Phi) is 5.27.